The van der Waals surface area contributed by atoms with Crippen LogP contribution in [0.5, 0.6) is 0 Å². The molecule has 0 spiro atoms. The largest absolute Gasteiger partial charge is 0.391 e. The van der Waals surface area contributed by atoms with Gasteiger partial charge in [0, 0.05) is 45.5 Å². The minimum absolute atomic E-state index is 0.0542. The van der Waals surface area contributed by atoms with Crippen molar-refractivity contribution < 1.29 is 48.2 Å². The first-order chi connectivity index (χ1) is 16.9. The number of nitrogens with one attached hydrogen (secondary N) is 1. The molecule has 3 heterocycles. The Labute approximate surface area is 213 Å². The van der Waals surface area contributed by atoms with Gasteiger partial charge < -0.3 is 48.7 Å². The molecule has 0 unspecified atom stereocenters. The highest BCUT2D eigenvalue weighted by atomic mass is 16.7. The lowest BCUT2D eigenvalue weighted by Crippen LogP contribution is -2.69. The molecule has 0 saturated carbocycles. The Hall–Kier alpha value is -1.15. The third-order valence-electron chi connectivity index (χ3n) is 7.91. The van der Waals surface area contributed by atoms with Gasteiger partial charge in [-0.1, -0.05) is 32.9 Å². The molecule has 0 aromatic carbocycles. The van der Waals surface area contributed by atoms with Gasteiger partial charge in [-0.2, -0.15) is 0 Å². The summed E-state index contributed by atoms with van der Waals surface area (Å²) in [5.41, 5.74) is 0.294. The first-order valence-corrected chi connectivity index (χ1v) is 12.4. The number of amides is 1. The predicted molar refractivity (Wildman–Crippen MR) is 128 cm³/mol. The van der Waals surface area contributed by atoms with Gasteiger partial charge in [-0.15, -0.1) is 0 Å². The maximum Gasteiger partial charge on any atom is 0.256 e. The third kappa shape index (κ3) is 5.64. The molecule has 0 aliphatic carbocycles. The average molecular weight is 518 g/mol. The van der Waals surface area contributed by atoms with Crippen LogP contribution in [0.3, 0.4) is 0 Å². The number of rotatable bonds is 9. The molecular formula is C25H43NO10. The Kier molecular flexibility index (Phi) is 9.57. The second-order valence-corrected chi connectivity index (χ2v) is 10.6. The third-order valence-corrected chi connectivity index (χ3v) is 7.91. The zero-order valence-corrected chi connectivity index (χ0v) is 22.4. The van der Waals surface area contributed by atoms with Crippen LogP contribution >= 0.6 is 0 Å². The van der Waals surface area contributed by atoms with E-state index in [4.69, 9.17) is 33.2 Å². The zero-order valence-electron chi connectivity index (χ0n) is 22.4. The van der Waals surface area contributed by atoms with Crippen molar-refractivity contribution >= 4 is 5.91 Å². The summed E-state index contributed by atoms with van der Waals surface area (Å²) >= 11 is 0. The normalized spacial score (nSPS) is 40.2. The topological polar surface area (TPSA) is 134 Å². The zero-order chi connectivity index (χ0) is 26.8. The number of hydrogen-bond acceptors (Lipinski definition) is 10. The Bertz CT molecular complexity index is 778. The van der Waals surface area contributed by atoms with Crippen LogP contribution in [-0.2, 0) is 38.0 Å². The second kappa shape index (κ2) is 11.7. The van der Waals surface area contributed by atoms with Crippen molar-refractivity contribution in [2.45, 2.75) is 95.3 Å². The van der Waals surface area contributed by atoms with Gasteiger partial charge in [-0.3, -0.25) is 4.79 Å². The quantitative estimate of drug-likeness (QED) is 0.376. The van der Waals surface area contributed by atoms with E-state index in [1.165, 1.54) is 14.2 Å². The van der Waals surface area contributed by atoms with Crippen LogP contribution in [-0.4, -0.2) is 106 Å². The van der Waals surface area contributed by atoms with Crippen LogP contribution in [0.4, 0.5) is 0 Å². The molecule has 208 valence electrons. The number of aliphatic hydroxyl groups excluding tert-OH is 2. The minimum Gasteiger partial charge on any atom is -0.391 e. The minimum atomic E-state index is -1.66. The Morgan fingerprint density at radius 1 is 1.19 bits per heavy atom. The summed E-state index contributed by atoms with van der Waals surface area (Å²) in [5, 5.41) is 24.2. The molecule has 3 rings (SSSR count). The number of fused-ring (bicyclic) bond motifs is 1. The maximum absolute atomic E-state index is 13.3. The van der Waals surface area contributed by atoms with E-state index in [1.54, 1.807) is 7.11 Å². The summed E-state index contributed by atoms with van der Waals surface area (Å²) < 4.78 is 40.4. The highest BCUT2D eigenvalue weighted by Gasteiger charge is 2.57. The van der Waals surface area contributed by atoms with E-state index in [0.717, 1.165) is 5.57 Å². The molecule has 11 heteroatoms. The molecule has 3 aliphatic rings. The van der Waals surface area contributed by atoms with Crippen molar-refractivity contribution in [2.75, 3.05) is 34.7 Å². The SMILES string of the molecule is C=C1C[C@](OC)([C@H](O)C(=O)N[C@H]2OCO[C@H]3[C@@H]2O[C@H](C[C@H](O)COC)C(C)(C)[C@@H]3OC)O[C@H](C)[C@@H]1C. The number of carbonyl (C=O) groups excluding carboxylic acids is 1. The molecule has 3 aliphatic heterocycles. The molecule has 3 fully saturated rings. The van der Waals surface area contributed by atoms with Gasteiger partial charge in [-0.25, -0.2) is 0 Å². The highest BCUT2D eigenvalue weighted by Crippen LogP contribution is 2.44. The summed E-state index contributed by atoms with van der Waals surface area (Å²) in [6.45, 7) is 11.9. The van der Waals surface area contributed by atoms with Crippen molar-refractivity contribution in [1.29, 1.82) is 0 Å². The summed E-state index contributed by atoms with van der Waals surface area (Å²) in [6, 6.07) is 0. The van der Waals surface area contributed by atoms with E-state index in [1.807, 2.05) is 27.7 Å². The number of carbonyl (C=O) groups is 1. The van der Waals surface area contributed by atoms with E-state index in [-0.39, 0.29) is 38.3 Å². The molecule has 36 heavy (non-hydrogen) atoms. The predicted octanol–water partition coefficient (Wildman–Crippen LogP) is 0.712. The van der Waals surface area contributed by atoms with Crippen LogP contribution in [0.25, 0.3) is 0 Å². The Morgan fingerprint density at radius 3 is 2.47 bits per heavy atom. The highest BCUT2D eigenvalue weighted by molar-refractivity contribution is 5.82. The monoisotopic (exact) mass is 517 g/mol. The van der Waals surface area contributed by atoms with Gasteiger partial charge in [0.05, 0.1) is 31.0 Å². The van der Waals surface area contributed by atoms with Crippen LogP contribution in [0, 0.1) is 11.3 Å². The van der Waals surface area contributed by atoms with Crippen molar-refractivity contribution in [1.82, 2.24) is 5.32 Å². The lowest BCUT2D eigenvalue weighted by molar-refractivity contribution is -0.333. The second-order valence-electron chi connectivity index (χ2n) is 10.6. The average Bonchev–Trinajstić information content (AvgIpc) is 2.82. The summed E-state index contributed by atoms with van der Waals surface area (Å²) in [6.07, 6.45) is -5.39. The van der Waals surface area contributed by atoms with Gasteiger partial charge in [0.25, 0.3) is 5.91 Å². The van der Waals surface area contributed by atoms with Gasteiger partial charge in [0.1, 0.15) is 19.0 Å². The smallest absolute Gasteiger partial charge is 0.256 e. The van der Waals surface area contributed by atoms with Crippen molar-refractivity contribution in [2.24, 2.45) is 11.3 Å². The molecule has 1 amide bonds. The molecule has 0 bridgehead atoms. The maximum atomic E-state index is 13.3. The fourth-order valence-electron chi connectivity index (χ4n) is 5.44. The van der Waals surface area contributed by atoms with Gasteiger partial charge in [0.2, 0.25) is 5.79 Å². The van der Waals surface area contributed by atoms with E-state index in [2.05, 4.69) is 11.9 Å². The number of hydrogen-bond donors (Lipinski definition) is 3. The van der Waals surface area contributed by atoms with Crippen LogP contribution in [0.1, 0.15) is 40.5 Å². The fraction of sp³-hybridized carbons (Fsp3) is 0.880. The number of methoxy groups -OCH3 is 3. The molecule has 10 atom stereocenters. The number of aliphatic hydroxyl groups is 2. The molecule has 3 N–H and O–H groups in total. The van der Waals surface area contributed by atoms with Gasteiger partial charge in [0.15, 0.2) is 12.3 Å². The van der Waals surface area contributed by atoms with E-state index < -0.39 is 60.0 Å². The molecule has 0 radical (unpaired) electrons. The number of ether oxygens (including phenoxy) is 7. The summed E-state index contributed by atoms with van der Waals surface area (Å²) in [4.78, 5) is 13.3. The molecular weight excluding hydrogens is 474 g/mol. The molecule has 3 saturated heterocycles. The van der Waals surface area contributed by atoms with Crippen molar-refractivity contribution in [3.05, 3.63) is 12.2 Å². The first kappa shape index (κ1) is 29.4. The lowest BCUT2D eigenvalue weighted by atomic mass is 9.72. The molecule has 0 aromatic heterocycles. The van der Waals surface area contributed by atoms with E-state index in [9.17, 15) is 15.0 Å². The summed E-state index contributed by atoms with van der Waals surface area (Å²) in [5.74, 6) is -2.26. The molecule has 0 aromatic rings. The lowest BCUT2D eigenvalue weighted by Gasteiger charge is -2.54. The fourth-order valence-corrected chi connectivity index (χ4v) is 5.44. The van der Waals surface area contributed by atoms with Gasteiger partial charge in [-0.05, 0) is 6.92 Å². The summed E-state index contributed by atoms with van der Waals surface area (Å²) in [7, 11) is 4.49. The standard InChI is InChI=1S/C25H43NO10/c1-13-10-25(32-8,36-15(3)14(13)2)20(28)22(29)26-23-19-18(33-12-34-23)21(31-7)24(4,5)17(35-19)9-16(27)11-30-6/h14-21,23,27-28H,1,9-12H2,2-8H3,(H,26,29)/t14-,15-,16+,17-,18+,19+,20-,21-,23+,25-/m1/s1. The van der Waals surface area contributed by atoms with E-state index in [0.29, 0.717) is 0 Å². The Morgan fingerprint density at radius 2 is 1.89 bits per heavy atom. The van der Waals surface area contributed by atoms with Crippen LogP contribution in [0.2, 0.25) is 0 Å². The van der Waals surface area contributed by atoms with Crippen molar-refractivity contribution in [3.63, 3.8) is 0 Å². The first-order valence-electron chi connectivity index (χ1n) is 12.4. The van der Waals surface area contributed by atoms with Crippen molar-refractivity contribution in [3.8, 4) is 0 Å². The van der Waals surface area contributed by atoms with Crippen LogP contribution in [0.15, 0.2) is 12.2 Å². The van der Waals surface area contributed by atoms with Crippen LogP contribution < -0.4 is 5.32 Å². The molecule has 11 nitrogen and oxygen atoms in total. The van der Waals surface area contributed by atoms with Gasteiger partial charge >= 0.3 is 0 Å². The van der Waals surface area contributed by atoms with E-state index >= 15 is 0 Å². The Balaban J connectivity index is 1.79.